The van der Waals surface area contributed by atoms with Crippen LogP contribution in [0.4, 0.5) is 10.5 Å². The second-order valence-corrected chi connectivity index (χ2v) is 4.80. The summed E-state index contributed by atoms with van der Waals surface area (Å²) in [5.74, 6) is -0.957. The quantitative estimate of drug-likeness (QED) is 0.817. The fourth-order valence-electron chi connectivity index (χ4n) is 2.62. The van der Waals surface area contributed by atoms with E-state index in [1.54, 1.807) is 17.0 Å². The molecule has 0 bridgehead atoms. The first kappa shape index (κ1) is 12.0. The number of aromatic carboxylic acids is 1. The molecule has 1 atom stereocenters. The second kappa shape index (κ2) is 4.55. The Balaban J connectivity index is 1.82. The highest BCUT2D eigenvalue weighted by atomic mass is 16.4. The third-order valence-electron chi connectivity index (χ3n) is 3.65. The Bertz CT molecular complexity index is 514. The fraction of sp³-hybridized carbons (Fsp3) is 0.385. The molecule has 2 amide bonds. The molecule has 6 heteroatoms. The van der Waals surface area contributed by atoms with Gasteiger partial charge in [-0.2, -0.15) is 0 Å². The molecule has 1 aromatic rings. The molecule has 3 rings (SSSR count). The van der Waals surface area contributed by atoms with E-state index in [0.717, 1.165) is 25.3 Å². The molecule has 2 aliphatic rings. The highest BCUT2D eigenvalue weighted by Gasteiger charge is 2.38. The molecule has 6 nitrogen and oxygen atoms in total. The first-order chi connectivity index (χ1) is 9.16. The Morgan fingerprint density at radius 2 is 2.05 bits per heavy atom. The maximum Gasteiger partial charge on any atom is 0.335 e. The van der Waals surface area contributed by atoms with Crippen LogP contribution in [0.5, 0.6) is 0 Å². The van der Waals surface area contributed by atoms with Gasteiger partial charge in [0.2, 0.25) is 0 Å². The molecular weight excluding hydrogens is 246 g/mol. The first-order valence-electron chi connectivity index (χ1n) is 6.29. The number of amides is 2. The smallest absolute Gasteiger partial charge is 0.335 e. The van der Waals surface area contributed by atoms with Gasteiger partial charge in [-0.3, -0.25) is 4.90 Å². The van der Waals surface area contributed by atoms with Crippen molar-refractivity contribution in [3.8, 4) is 0 Å². The number of carboxylic acids is 1. The molecule has 1 unspecified atom stereocenters. The minimum absolute atomic E-state index is 0.00887. The monoisotopic (exact) mass is 261 g/mol. The van der Waals surface area contributed by atoms with Crippen LogP contribution >= 0.6 is 0 Å². The standard InChI is InChI=1S/C13H15N3O3/c17-12(18)9-1-3-10(4-2-9)16-8-11-7-14-5-6-15(11)13(16)19/h1-4,11,14H,5-8H2,(H,17,18). The highest BCUT2D eigenvalue weighted by molar-refractivity contribution is 5.95. The van der Waals surface area contributed by atoms with Gasteiger partial charge in [-0.25, -0.2) is 9.59 Å². The summed E-state index contributed by atoms with van der Waals surface area (Å²) in [7, 11) is 0. The summed E-state index contributed by atoms with van der Waals surface area (Å²) < 4.78 is 0. The van der Waals surface area contributed by atoms with E-state index in [4.69, 9.17) is 5.11 Å². The van der Waals surface area contributed by atoms with Gasteiger partial charge in [-0.15, -0.1) is 0 Å². The molecule has 2 aliphatic heterocycles. The zero-order chi connectivity index (χ0) is 13.4. The van der Waals surface area contributed by atoms with E-state index < -0.39 is 5.97 Å². The minimum Gasteiger partial charge on any atom is -0.478 e. The van der Waals surface area contributed by atoms with E-state index in [1.165, 1.54) is 12.1 Å². The number of hydrogen-bond acceptors (Lipinski definition) is 3. The van der Waals surface area contributed by atoms with E-state index in [-0.39, 0.29) is 17.6 Å². The van der Waals surface area contributed by atoms with Crippen LogP contribution in [0.1, 0.15) is 10.4 Å². The summed E-state index contributed by atoms with van der Waals surface area (Å²) >= 11 is 0. The van der Waals surface area contributed by atoms with E-state index >= 15 is 0 Å². The fourth-order valence-corrected chi connectivity index (χ4v) is 2.62. The number of fused-ring (bicyclic) bond motifs is 1. The summed E-state index contributed by atoms with van der Waals surface area (Å²) in [6, 6.07) is 6.65. The van der Waals surface area contributed by atoms with Gasteiger partial charge in [0.15, 0.2) is 0 Å². The first-order valence-corrected chi connectivity index (χ1v) is 6.29. The van der Waals surface area contributed by atoms with Gasteiger partial charge in [0.25, 0.3) is 0 Å². The van der Waals surface area contributed by atoms with Crippen molar-refractivity contribution < 1.29 is 14.7 Å². The van der Waals surface area contributed by atoms with Crippen molar-refractivity contribution >= 4 is 17.7 Å². The Labute approximate surface area is 110 Å². The van der Waals surface area contributed by atoms with Crippen LogP contribution in [-0.4, -0.2) is 54.2 Å². The number of anilines is 1. The number of piperazine rings is 1. The van der Waals surface area contributed by atoms with Gasteiger partial charge < -0.3 is 15.3 Å². The molecule has 2 N–H and O–H groups in total. The van der Waals surface area contributed by atoms with E-state index in [1.807, 2.05) is 4.90 Å². The molecule has 0 radical (unpaired) electrons. The van der Waals surface area contributed by atoms with Crippen molar-refractivity contribution in [2.75, 3.05) is 31.1 Å². The zero-order valence-corrected chi connectivity index (χ0v) is 10.4. The molecule has 0 spiro atoms. The Morgan fingerprint density at radius 3 is 2.68 bits per heavy atom. The van der Waals surface area contributed by atoms with Crippen LogP contribution in [0.15, 0.2) is 24.3 Å². The Morgan fingerprint density at radius 1 is 1.32 bits per heavy atom. The lowest BCUT2D eigenvalue weighted by molar-refractivity contribution is 0.0697. The number of nitrogens with one attached hydrogen (secondary N) is 1. The topological polar surface area (TPSA) is 72.9 Å². The molecule has 100 valence electrons. The lowest BCUT2D eigenvalue weighted by Crippen LogP contribution is -2.49. The van der Waals surface area contributed by atoms with Gasteiger partial charge in [0.1, 0.15) is 0 Å². The lowest BCUT2D eigenvalue weighted by atomic mass is 10.2. The molecule has 2 fully saturated rings. The SMILES string of the molecule is O=C(O)c1ccc(N2CC3CNCCN3C2=O)cc1. The van der Waals surface area contributed by atoms with Crippen molar-refractivity contribution in [3.05, 3.63) is 29.8 Å². The van der Waals surface area contributed by atoms with E-state index in [9.17, 15) is 9.59 Å². The number of hydrogen-bond donors (Lipinski definition) is 2. The maximum absolute atomic E-state index is 12.3. The van der Waals surface area contributed by atoms with Crippen molar-refractivity contribution in [1.82, 2.24) is 10.2 Å². The summed E-state index contributed by atoms with van der Waals surface area (Å²) in [6.45, 7) is 3.02. The van der Waals surface area contributed by atoms with Crippen LogP contribution in [0, 0.1) is 0 Å². The molecule has 2 heterocycles. The largest absolute Gasteiger partial charge is 0.478 e. The van der Waals surface area contributed by atoms with Crippen molar-refractivity contribution in [2.45, 2.75) is 6.04 Å². The molecule has 0 saturated carbocycles. The predicted octanol–water partition coefficient (Wildman–Crippen LogP) is 0.599. The average molecular weight is 261 g/mol. The van der Waals surface area contributed by atoms with Crippen LogP contribution in [0.2, 0.25) is 0 Å². The van der Waals surface area contributed by atoms with Crippen molar-refractivity contribution in [1.29, 1.82) is 0 Å². The number of carbonyl (C=O) groups is 2. The molecule has 0 aromatic heterocycles. The van der Waals surface area contributed by atoms with Crippen LogP contribution in [0.25, 0.3) is 0 Å². The number of benzene rings is 1. The van der Waals surface area contributed by atoms with Gasteiger partial charge in [0.05, 0.1) is 11.6 Å². The Hall–Kier alpha value is -2.08. The Kier molecular flexibility index (Phi) is 2.87. The maximum atomic E-state index is 12.3. The van der Waals surface area contributed by atoms with Crippen LogP contribution < -0.4 is 10.2 Å². The molecule has 19 heavy (non-hydrogen) atoms. The minimum atomic E-state index is -0.957. The number of urea groups is 1. The third kappa shape index (κ3) is 2.04. The molecule has 1 aromatic carbocycles. The lowest BCUT2D eigenvalue weighted by Gasteiger charge is -2.28. The predicted molar refractivity (Wildman–Crippen MR) is 69.5 cm³/mol. The molecule has 0 aliphatic carbocycles. The van der Waals surface area contributed by atoms with E-state index in [0.29, 0.717) is 6.54 Å². The number of carbonyl (C=O) groups excluding carboxylic acids is 1. The van der Waals surface area contributed by atoms with E-state index in [2.05, 4.69) is 5.32 Å². The third-order valence-corrected chi connectivity index (χ3v) is 3.65. The summed E-state index contributed by atoms with van der Waals surface area (Å²) in [5.41, 5.74) is 0.985. The van der Waals surface area contributed by atoms with Crippen molar-refractivity contribution in [2.24, 2.45) is 0 Å². The highest BCUT2D eigenvalue weighted by Crippen LogP contribution is 2.24. The number of carboxylic acid groups (broad SMARTS) is 1. The van der Waals surface area contributed by atoms with Gasteiger partial charge in [-0.05, 0) is 24.3 Å². The normalized spacial score (nSPS) is 22.5. The summed E-state index contributed by atoms with van der Waals surface area (Å²) in [5, 5.41) is 12.1. The van der Waals surface area contributed by atoms with Gasteiger partial charge in [-0.1, -0.05) is 0 Å². The van der Waals surface area contributed by atoms with Gasteiger partial charge in [0, 0.05) is 31.9 Å². The second-order valence-electron chi connectivity index (χ2n) is 4.80. The van der Waals surface area contributed by atoms with Crippen LogP contribution in [0.3, 0.4) is 0 Å². The number of rotatable bonds is 2. The summed E-state index contributed by atoms with van der Waals surface area (Å²) in [6.07, 6.45) is 0. The van der Waals surface area contributed by atoms with Crippen LogP contribution in [-0.2, 0) is 0 Å². The zero-order valence-electron chi connectivity index (χ0n) is 10.4. The summed E-state index contributed by atoms with van der Waals surface area (Å²) in [4.78, 5) is 26.7. The van der Waals surface area contributed by atoms with Gasteiger partial charge >= 0.3 is 12.0 Å². The number of nitrogens with zero attached hydrogens (tertiary/aromatic N) is 2. The van der Waals surface area contributed by atoms with Crippen molar-refractivity contribution in [3.63, 3.8) is 0 Å². The molecule has 2 saturated heterocycles. The molecular formula is C13H15N3O3. The average Bonchev–Trinajstić information content (AvgIpc) is 2.77.